The summed E-state index contributed by atoms with van der Waals surface area (Å²) in [4.78, 5) is 24.2. The lowest BCUT2D eigenvalue weighted by atomic mass is 10.1. The highest BCUT2D eigenvalue weighted by molar-refractivity contribution is 5.95. The summed E-state index contributed by atoms with van der Waals surface area (Å²) in [6.45, 7) is 4.98. The van der Waals surface area contributed by atoms with Crippen LogP contribution in [-0.4, -0.2) is 25.2 Å². The smallest absolute Gasteiger partial charge is 0.338 e. The van der Waals surface area contributed by atoms with Crippen molar-refractivity contribution in [1.82, 2.24) is 0 Å². The van der Waals surface area contributed by atoms with Crippen molar-refractivity contribution in [3.05, 3.63) is 47.5 Å². The van der Waals surface area contributed by atoms with Crippen LogP contribution in [0.4, 0.5) is 0 Å². The topological polar surface area (TPSA) is 52.6 Å². The highest BCUT2D eigenvalue weighted by Gasteiger charge is 2.12. The number of rotatable bonds is 15. The molecule has 28 heavy (non-hydrogen) atoms. The van der Waals surface area contributed by atoms with E-state index in [1.165, 1.54) is 44.6 Å². The predicted molar refractivity (Wildman–Crippen MR) is 114 cm³/mol. The summed E-state index contributed by atoms with van der Waals surface area (Å²) >= 11 is 0. The molecule has 0 aliphatic carbocycles. The van der Waals surface area contributed by atoms with E-state index in [4.69, 9.17) is 9.47 Å². The highest BCUT2D eigenvalue weighted by Crippen LogP contribution is 2.10. The molecule has 0 fully saturated rings. The number of hydrogen-bond acceptors (Lipinski definition) is 4. The number of unbranched alkanes of at least 4 members (excludes halogenated alkanes) is 8. The van der Waals surface area contributed by atoms with Gasteiger partial charge in [-0.3, -0.25) is 0 Å². The van der Waals surface area contributed by atoms with Gasteiger partial charge in [0.15, 0.2) is 0 Å². The van der Waals surface area contributed by atoms with Gasteiger partial charge in [-0.15, -0.1) is 0 Å². The SMILES string of the molecule is CCCCCCCC/C=C/COC(=O)c1cccc(C(=O)OCCCCC)c1. The minimum Gasteiger partial charge on any atom is -0.462 e. The zero-order valence-electron chi connectivity index (χ0n) is 17.6. The molecule has 156 valence electrons. The molecule has 0 unspecified atom stereocenters. The molecular weight excluding hydrogens is 352 g/mol. The Balaban J connectivity index is 2.28. The fourth-order valence-corrected chi connectivity index (χ4v) is 2.81. The Kier molecular flexibility index (Phi) is 13.6. The van der Waals surface area contributed by atoms with E-state index in [-0.39, 0.29) is 6.61 Å². The first-order chi connectivity index (χ1) is 13.7. The summed E-state index contributed by atoms with van der Waals surface area (Å²) in [5.41, 5.74) is 0.747. The zero-order valence-corrected chi connectivity index (χ0v) is 17.6. The molecule has 0 radical (unpaired) electrons. The molecule has 0 spiro atoms. The van der Waals surface area contributed by atoms with Gasteiger partial charge >= 0.3 is 11.9 Å². The molecule has 4 nitrogen and oxygen atoms in total. The standard InChI is InChI=1S/C24H36O4/c1-3-5-7-8-9-10-11-12-14-19-28-24(26)22-17-15-16-21(20-22)23(25)27-18-13-6-4-2/h12,14-17,20H,3-11,13,18-19H2,1-2H3/b14-12+. The molecule has 0 saturated carbocycles. The molecule has 0 aliphatic rings. The predicted octanol–water partition coefficient (Wildman–Crippen LogP) is 6.50. The highest BCUT2D eigenvalue weighted by atomic mass is 16.5. The van der Waals surface area contributed by atoms with E-state index in [2.05, 4.69) is 19.9 Å². The van der Waals surface area contributed by atoms with E-state index in [0.29, 0.717) is 17.7 Å². The number of esters is 2. The van der Waals surface area contributed by atoms with Crippen LogP contribution in [0.2, 0.25) is 0 Å². The van der Waals surface area contributed by atoms with E-state index in [1.807, 2.05) is 6.08 Å². The molecule has 0 aliphatic heterocycles. The van der Waals surface area contributed by atoms with Crippen molar-refractivity contribution in [2.75, 3.05) is 13.2 Å². The molecule has 0 saturated heterocycles. The minimum absolute atomic E-state index is 0.250. The van der Waals surface area contributed by atoms with Gasteiger partial charge in [-0.1, -0.05) is 77.0 Å². The van der Waals surface area contributed by atoms with Crippen molar-refractivity contribution in [2.45, 2.75) is 78.1 Å². The molecule has 0 atom stereocenters. The van der Waals surface area contributed by atoms with Crippen LogP contribution in [0, 0.1) is 0 Å². The van der Waals surface area contributed by atoms with Crippen LogP contribution in [0.25, 0.3) is 0 Å². The number of allylic oxidation sites excluding steroid dienone is 1. The fraction of sp³-hybridized carbons (Fsp3) is 0.583. The molecule has 0 heterocycles. The van der Waals surface area contributed by atoms with Crippen molar-refractivity contribution in [2.24, 2.45) is 0 Å². The lowest BCUT2D eigenvalue weighted by Crippen LogP contribution is -2.09. The van der Waals surface area contributed by atoms with Crippen LogP contribution in [0.15, 0.2) is 36.4 Å². The van der Waals surface area contributed by atoms with Gasteiger partial charge in [0.25, 0.3) is 0 Å². The van der Waals surface area contributed by atoms with E-state index in [0.717, 1.165) is 25.7 Å². The normalized spacial score (nSPS) is 10.9. The Bertz CT molecular complexity index is 592. The molecule has 0 N–H and O–H groups in total. The number of hydrogen-bond donors (Lipinski definition) is 0. The Morgan fingerprint density at radius 1 is 0.786 bits per heavy atom. The molecular formula is C24H36O4. The summed E-state index contributed by atoms with van der Waals surface area (Å²) in [5.74, 6) is -0.825. The van der Waals surface area contributed by atoms with Crippen LogP contribution in [0.1, 0.15) is 98.8 Å². The van der Waals surface area contributed by atoms with Gasteiger partial charge in [-0.2, -0.15) is 0 Å². The largest absolute Gasteiger partial charge is 0.462 e. The lowest BCUT2D eigenvalue weighted by Gasteiger charge is -2.06. The quantitative estimate of drug-likeness (QED) is 0.195. The Morgan fingerprint density at radius 2 is 1.39 bits per heavy atom. The van der Waals surface area contributed by atoms with E-state index in [1.54, 1.807) is 18.2 Å². The maximum atomic E-state index is 12.1. The average Bonchev–Trinajstić information content (AvgIpc) is 2.72. The van der Waals surface area contributed by atoms with Crippen LogP contribution >= 0.6 is 0 Å². The average molecular weight is 389 g/mol. The van der Waals surface area contributed by atoms with Crippen molar-refractivity contribution in [1.29, 1.82) is 0 Å². The molecule has 1 rings (SSSR count). The number of ether oxygens (including phenoxy) is 2. The molecule has 4 heteroatoms. The molecule has 0 bridgehead atoms. The second-order valence-electron chi connectivity index (χ2n) is 7.05. The van der Waals surface area contributed by atoms with Crippen LogP contribution in [0.5, 0.6) is 0 Å². The summed E-state index contributed by atoms with van der Waals surface area (Å²) in [6, 6.07) is 6.51. The van der Waals surface area contributed by atoms with Gasteiger partial charge in [0, 0.05) is 0 Å². The van der Waals surface area contributed by atoms with Gasteiger partial charge < -0.3 is 9.47 Å². The fourth-order valence-electron chi connectivity index (χ4n) is 2.81. The monoisotopic (exact) mass is 388 g/mol. The van der Waals surface area contributed by atoms with Crippen LogP contribution < -0.4 is 0 Å². The summed E-state index contributed by atoms with van der Waals surface area (Å²) < 4.78 is 10.5. The lowest BCUT2D eigenvalue weighted by molar-refractivity contribution is 0.0498. The van der Waals surface area contributed by atoms with Crippen molar-refractivity contribution < 1.29 is 19.1 Å². The van der Waals surface area contributed by atoms with Gasteiger partial charge in [-0.05, 0) is 37.5 Å². The minimum atomic E-state index is -0.426. The number of carbonyl (C=O) groups is 2. The van der Waals surface area contributed by atoms with Crippen LogP contribution in [0.3, 0.4) is 0 Å². The maximum Gasteiger partial charge on any atom is 0.338 e. The molecule has 1 aromatic carbocycles. The second-order valence-corrected chi connectivity index (χ2v) is 7.05. The van der Waals surface area contributed by atoms with E-state index in [9.17, 15) is 9.59 Å². The zero-order chi connectivity index (χ0) is 20.5. The molecule has 0 aromatic heterocycles. The summed E-state index contributed by atoms with van der Waals surface area (Å²) in [6.07, 6.45) is 15.6. The van der Waals surface area contributed by atoms with Gasteiger partial charge in [0.1, 0.15) is 6.61 Å². The molecule has 0 amide bonds. The summed E-state index contributed by atoms with van der Waals surface area (Å²) in [7, 11) is 0. The first-order valence-corrected chi connectivity index (χ1v) is 10.8. The Hall–Kier alpha value is -2.10. The van der Waals surface area contributed by atoms with Crippen molar-refractivity contribution in [3.8, 4) is 0 Å². The van der Waals surface area contributed by atoms with Gasteiger partial charge in [0.05, 0.1) is 17.7 Å². The number of carbonyl (C=O) groups excluding carboxylic acids is 2. The van der Waals surface area contributed by atoms with Crippen LogP contribution in [-0.2, 0) is 9.47 Å². The summed E-state index contributed by atoms with van der Waals surface area (Å²) in [5, 5.41) is 0. The van der Waals surface area contributed by atoms with Gasteiger partial charge in [0.2, 0.25) is 0 Å². The first kappa shape index (κ1) is 23.9. The van der Waals surface area contributed by atoms with Crippen molar-refractivity contribution in [3.63, 3.8) is 0 Å². The third kappa shape index (κ3) is 10.9. The third-order valence-electron chi connectivity index (χ3n) is 4.52. The van der Waals surface area contributed by atoms with E-state index < -0.39 is 11.9 Å². The van der Waals surface area contributed by atoms with Gasteiger partial charge in [-0.25, -0.2) is 9.59 Å². The van der Waals surface area contributed by atoms with E-state index >= 15 is 0 Å². The Morgan fingerprint density at radius 3 is 2.11 bits per heavy atom. The second kappa shape index (κ2) is 15.9. The maximum absolute atomic E-state index is 12.1. The van der Waals surface area contributed by atoms with Crippen molar-refractivity contribution >= 4 is 11.9 Å². The third-order valence-corrected chi connectivity index (χ3v) is 4.52. The molecule has 1 aromatic rings. The Labute approximate surface area is 170 Å². The number of benzene rings is 1. The first-order valence-electron chi connectivity index (χ1n) is 10.8.